The molecule has 18 heavy (non-hydrogen) atoms. The van der Waals surface area contributed by atoms with Crippen LogP contribution in [-0.4, -0.2) is 12.7 Å². The largest absolute Gasteiger partial charge is 0.307 e. The lowest BCUT2D eigenvalue weighted by atomic mass is 10.0. The summed E-state index contributed by atoms with van der Waals surface area (Å²) >= 11 is 5.92. The zero-order valence-electron chi connectivity index (χ0n) is 10.5. The smallest absolute Gasteiger partial charge is 0.0983 e. The van der Waals surface area contributed by atoms with E-state index in [9.17, 15) is 0 Å². The Balaban J connectivity index is 1.91. The Morgan fingerprint density at radius 3 is 2.50 bits per heavy atom. The minimum atomic E-state index is 0.177. The van der Waals surface area contributed by atoms with Crippen LogP contribution in [0.1, 0.15) is 31.4 Å². The Morgan fingerprint density at radius 1 is 1.22 bits per heavy atom. The summed E-state index contributed by atoms with van der Waals surface area (Å²) in [6.45, 7) is 3.02. The Morgan fingerprint density at radius 2 is 1.89 bits per heavy atom. The van der Waals surface area contributed by atoms with Crippen LogP contribution in [0.15, 0.2) is 24.3 Å². The number of hydrogen-bond acceptors (Lipinski definition) is 5. The molecule has 1 heterocycles. The van der Waals surface area contributed by atoms with Gasteiger partial charge >= 0.3 is 0 Å². The van der Waals surface area contributed by atoms with Gasteiger partial charge in [-0.3, -0.25) is 0 Å². The van der Waals surface area contributed by atoms with E-state index in [-0.39, 0.29) is 6.17 Å². The molecule has 0 spiro atoms. The SMILES string of the molecule is CCCC(NCC1NNNN1)c1ccc(Cl)cc1. The maximum absolute atomic E-state index is 5.92. The van der Waals surface area contributed by atoms with Crippen LogP contribution in [0.2, 0.25) is 5.02 Å². The van der Waals surface area contributed by atoms with E-state index in [4.69, 9.17) is 11.6 Å². The van der Waals surface area contributed by atoms with Crippen molar-refractivity contribution in [3.8, 4) is 0 Å². The Bertz CT molecular complexity index is 350. The number of hydrogen-bond donors (Lipinski definition) is 5. The molecule has 6 heteroatoms. The minimum absolute atomic E-state index is 0.177. The zero-order chi connectivity index (χ0) is 12.8. The molecule has 0 aliphatic carbocycles. The fourth-order valence-corrected chi connectivity index (χ4v) is 2.14. The van der Waals surface area contributed by atoms with Crippen LogP contribution in [0.5, 0.6) is 0 Å². The van der Waals surface area contributed by atoms with Crippen molar-refractivity contribution in [1.82, 2.24) is 27.2 Å². The molecule has 1 atom stereocenters. The number of nitrogens with one attached hydrogen (secondary N) is 5. The maximum atomic E-state index is 5.92. The fourth-order valence-electron chi connectivity index (χ4n) is 2.01. The van der Waals surface area contributed by atoms with E-state index in [2.05, 4.69) is 46.3 Å². The zero-order valence-corrected chi connectivity index (χ0v) is 11.2. The second-order valence-electron chi connectivity index (χ2n) is 4.39. The first kappa shape index (κ1) is 13.7. The topological polar surface area (TPSA) is 60.1 Å². The highest BCUT2D eigenvalue weighted by atomic mass is 35.5. The van der Waals surface area contributed by atoms with Gasteiger partial charge in [-0.15, -0.1) is 0 Å². The third kappa shape index (κ3) is 3.91. The van der Waals surface area contributed by atoms with Crippen molar-refractivity contribution in [1.29, 1.82) is 0 Å². The molecule has 1 unspecified atom stereocenters. The van der Waals surface area contributed by atoms with Gasteiger partial charge in [0.2, 0.25) is 0 Å². The summed E-state index contributed by atoms with van der Waals surface area (Å²) in [6.07, 6.45) is 2.43. The lowest BCUT2D eigenvalue weighted by Crippen LogP contribution is -2.43. The molecule has 0 radical (unpaired) electrons. The number of hydrazine groups is 3. The van der Waals surface area contributed by atoms with Gasteiger partial charge in [-0.25, -0.2) is 10.9 Å². The number of halogens is 1. The van der Waals surface area contributed by atoms with E-state index in [1.165, 1.54) is 5.56 Å². The van der Waals surface area contributed by atoms with Crippen LogP contribution in [0, 0.1) is 0 Å². The molecule has 100 valence electrons. The second-order valence-corrected chi connectivity index (χ2v) is 4.83. The van der Waals surface area contributed by atoms with Gasteiger partial charge in [-0.2, -0.15) is 11.1 Å². The average Bonchev–Trinajstić information content (AvgIpc) is 2.89. The summed E-state index contributed by atoms with van der Waals surface area (Å²) in [4.78, 5) is 0. The summed E-state index contributed by atoms with van der Waals surface area (Å²) in [6, 6.07) is 8.41. The van der Waals surface area contributed by atoms with Crippen molar-refractivity contribution < 1.29 is 0 Å². The summed E-state index contributed by atoms with van der Waals surface area (Å²) in [5, 5.41) is 4.33. The predicted molar refractivity (Wildman–Crippen MR) is 73.4 cm³/mol. The van der Waals surface area contributed by atoms with Crippen molar-refractivity contribution in [3.05, 3.63) is 34.9 Å². The average molecular weight is 270 g/mol. The molecule has 0 amide bonds. The van der Waals surface area contributed by atoms with Crippen molar-refractivity contribution in [2.24, 2.45) is 0 Å². The first-order chi connectivity index (χ1) is 8.79. The lowest BCUT2D eigenvalue weighted by molar-refractivity contribution is 0.420. The van der Waals surface area contributed by atoms with Gasteiger partial charge in [0.15, 0.2) is 0 Å². The molecule has 1 aliphatic rings. The van der Waals surface area contributed by atoms with Gasteiger partial charge < -0.3 is 5.32 Å². The number of rotatable bonds is 6. The van der Waals surface area contributed by atoms with Crippen LogP contribution in [0.25, 0.3) is 0 Å². The van der Waals surface area contributed by atoms with Gasteiger partial charge in [0.05, 0.1) is 6.17 Å². The molecule has 0 bridgehead atoms. The van der Waals surface area contributed by atoms with Gasteiger partial charge in [-0.05, 0) is 24.1 Å². The molecule has 0 aromatic heterocycles. The van der Waals surface area contributed by atoms with E-state index in [1.807, 2.05) is 12.1 Å². The number of benzene rings is 1. The molecule has 1 aliphatic heterocycles. The van der Waals surface area contributed by atoms with E-state index < -0.39 is 0 Å². The summed E-state index contributed by atoms with van der Waals surface area (Å²) in [5.41, 5.74) is 13.0. The molecule has 2 rings (SSSR count). The molecule has 0 saturated carbocycles. The fraction of sp³-hybridized carbons (Fsp3) is 0.500. The van der Waals surface area contributed by atoms with Crippen LogP contribution in [0.4, 0.5) is 0 Å². The summed E-state index contributed by atoms with van der Waals surface area (Å²) in [5.74, 6) is 0. The highest BCUT2D eigenvalue weighted by Crippen LogP contribution is 2.20. The van der Waals surface area contributed by atoms with E-state index in [0.717, 1.165) is 24.4 Å². The third-order valence-corrected chi connectivity index (χ3v) is 3.23. The summed E-state index contributed by atoms with van der Waals surface area (Å²) < 4.78 is 0. The second kappa shape index (κ2) is 7.04. The third-order valence-electron chi connectivity index (χ3n) is 2.97. The van der Waals surface area contributed by atoms with Gasteiger partial charge in [0, 0.05) is 17.6 Å². The Kier molecular flexibility index (Phi) is 5.37. The summed E-state index contributed by atoms with van der Waals surface area (Å²) in [7, 11) is 0. The molecular weight excluding hydrogens is 250 g/mol. The normalized spacial score (nSPS) is 18.1. The Hall–Kier alpha value is -0.690. The predicted octanol–water partition coefficient (Wildman–Crippen LogP) is 1.21. The highest BCUT2D eigenvalue weighted by Gasteiger charge is 2.15. The molecule has 1 aromatic rings. The van der Waals surface area contributed by atoms with E-state index >= 15 is 0 Å². The van der Waals surface area contributed by atoms with Gasteiger partial charge in [0.25, 0.3) is 0 Å². The monoisotopic (exact) mass is 269 g/mol. The van der Waals surface area contributed by atoms with Gasteiger partial charge in [0.1, 0.15) is 0 Å². The standard InChI is InChI=1S/C12H20ClN5/c1-2-3-11(9-4-6-10(13)7-5-9)14-8-12-15-17-18-16-12/h4-7,11-12,14-18H,2-3,8H2,1H3. The highest BCUT2D eigenvalue weighted by molar-refractivity contribution is 6.30. The molecule has 1 aromatic carbocycles. The quantitative estimate of drug-likeness (QED) is 0.538. The molecule has 1 saturated heterocycles. The van der Waals surface area contributed by atoms with Crippen LogP contribution in [0.3, 0.4) is 0 Å². The van der Waals surface area contributed by atoms with Crippen molar-refractivity contribution in [3.63, 3.8) is 0 Å². The van der Waals surface area contributed by atoms with Crippen LogP contribution in [-0.2, 0) is 0 Å². The minimum Gasteiger partial charge on any atom is -0.307 e. The van der Waals surface area contributed by atoms with Crippen molar-refractivity contribution in [2.45, 2.75) is 32.0 Å². The van der Waals surface area contributed by atoms with Crippen molar-refractivity contribution in [2.75, 3.05) is 6.54 Å². The van der Waals surface area contributed by atoms with Crippen LogP contribution >= 0.6 is 11.6 Å². The first-order valence-corrected chi connectivity index (χ1v) is 6.67. The first-order valence-electron chi connectivity index (χ1n) is 6.29. The maximum Gasteiger partial charge on any atom is 0.0983 e. The van der Waals surface area contributed by atoms with Crippen molar-refractivity contribution >= 4 is 11.6 Å². The van der Waals surface area contributed by atoms with E-state index in [1.54, 1.807) is 0 Å². The molecule has 5 nitrogen and oxygen atoms in total. The van der Waals surface area contributed by atoms with Gasteiger partial charge in [-0.1, -0.05) is 37.1 Å². The Labute approximate surface area is 113 Å². The van der Waals surface area contributed by atoms with Crippen LogP contribution < -0.4 is 27.2 Å². The molecule has 1 fully saturated rings. The molecule has 5 N–H and O–H groups in total. The molecular formula is C12H20ClN5. The lowest BCUT2D eigenvalue weighted by Gasteiger charge is -2.20. The van der Waals surface area contributed by atoms with E-state index in [0.29, 0.717) is 6.04 Å².